The molecule has 27 heavy (non-hydrogen) atoms. The molecule has 6 heteroatoms. The average molecular weight is 379 g/mol. The predicted molar refractivity (Wildman–Crippen MR) is 111 cm³/mol. The van der Waals surface area contributed by atoms with E-state index in [2.05, 4.69) is 22.3 Å². The van der Waals surface area contributed by atoms with Crippen molar-refractivity contribution in [1.29, 1.82) is 0 Å². The van der Waals surface area contributed by atoms with E-state index in [9.17, 15) is 4.39 Å². The molecule has 0 spiro atoms. The van der Waals surface area contributed by atoms with Crippen LogP contribution in [-0.2, 0) is 11.3 Å². The van der Waals surface area contributed by atoms with Crippen LogP contribution in [0, 0.1) is 11.7 Å². The van der Waals surface area contributed by atoms with Crippen molar-refractivity contribution in [2.24, 2.45) is 10.9 Å². The summed E-state index contributed by atoms with van der Waals surface area (Å²) in [6.07, 6.45) is 3.45. The molecule has 0 saturated carbocycles. The molecule has 0 bridgehead atoms. The van der Waals surface area contributed by atoms with Gasteiger partial charge in [-0.3, -0.25) is 4.99 Å². The van der Waals surface area contributed by atoms with Gasteiger partial charge in [0.1, 0.15) is 5.82 Å². The smallest absolute Gasteiger partial charge is 0.193 e. The van der Waals surface area contributed by atoms with Crippen LogP contribution in [0.5, 0.6) is 0 Å². The molecule has 1 aromatic carbocycles. The highest BCUT2D eigenvalue weighted by Crippen LogP contribution is 2.21. The summed E-state index contributed by atoms with van der Waals surface area (Å²) >= 11 is 0. The minimum absolute atomic E-state index is 0.166. The second-order valence-electron chi connectivity index (χ2n) is 7.12. The molecule has 1 N–H and O–H groups in total. The van der Waals surface area contributed by atoms with Crippen molar-refractivity contribution in [3.63, 3.8) is 0 Å². The summed E-state index contributed by atoms with van der Waals surface area (Å²) in [6.45, 7) is 8.97. The SMILES string of the molecule is CCN(CC)c1ccc(CNC(=NC)N(C)CCC2CCOCC2)cc1F. The highest BCUT2D eigenvalue weighted by molar-refractivity contribution is 5.79. The Balaban J connectivity index is 1.86. The second kappa shape index (κ2) is 11.1. The Morgan fingerprint density at radius 1 is 1.26 bits per heavy atom. The first kappa shape index (κ1) is 21.5. The van der Waals surface area contributed by atoms with E-state index < -0.39 is 0 Å². The van der Waals surface area contributed by atoms with E-state index in [0.717, 1.165) is 69.6 Å². The van der Waals surface area contributed by atoms with Gasteiger partial charge >= 0.3 is 0 Å². The molecule has 1 fully saturated rings. The number of nitrogens with zero attached hydrogens (tertiary/aromatic N) is 3. The van der Waals surface area contributed by atoms with Gasteiger partial charge in [0.25, 0.3) is 0 Å². The normalized spacial score (nSPS) is 15.7. The number of rotatable bonds is 8. The highest BCUT2D eigenvalue weighted by Gasteiger charge is 2.15. The Morgan fingerprint density at radius 2 is 1.96 bits per heavy atom. The van der Waals surface area contributed by atoms with E-state index in [0.29, 0.717) is 12.2 Å². The maximum atomic E-state index is 14.4. The average Bonchev–Trinajstić information content (AvgIpc) is 2.70. The third-order valence-electron chi connectivity index (χ3n) is 5.35. The van der Waals surface area contributed by atoms with E-state index in [-0.39, 0.29) is 5.82 Å². The fourth-order valence-corrected chi connectivity index (χ4v) is 3.56. The molecule has 1 saturated heterocycles. The lowest BCUT2D eigenvalue weighted by atomic mass is 9.96. The first-order chi connectivity index (χ1) is 13.1. The molecule has 152 valence electrons. The molecule has 0 atom stereocenters. The molecule has 1 aliphatic rings. The van der Waals surface area contributed by atoms with Crippen LogP contribution in [0.4, 0.5) is 10.1 Å². The number of guanidine groups is 1. The Morgan fingerprint density at radius 3 is 2.56 bits per heavy atom. The zero-order valence-electron chi connectivity index (χ0n) is 17.3. The molecule has 0 amide bonds. The lowest BCUT2D eigenvalue weighted by Gasteiger charge is -2.27. The molecule has 1 heterocycles. The molecule has 1 aromatic rings. The van der Waals surface area contributed by atoms with Gasteiger partial charge in [0, 0.05) is 53.5 Å². The summed E-state index contributed by atoms with van der Waals surface area (Å²) in [7, 11) is 3.84. The summed E-state index contributed by atoms with van der Waals surface area (Å²) in [5.74, 6) is 1.41. The van der Waals surface area contributed by atoms with Crippen LogP contribution in [0.1, 0.15) is 38.7 Å². The van der Waals surface area contributed by atoms with Gasteiger partial charge < -0.3 is 19.9 Å². The Hall–Kier alpha value is -1.82. The maximum absolute atomic E-state index is 14.4. The first-order valence-electron chi connectivity index (χ1n) is 10.1. The zero-order valence-corrected chi connectivity index (χ0v) is 17.3. The van der Waals surface area contributed by atoms with Crippen LogP contribution >= 0.6 is 0 Å². The number of hydrogen-bond acceptors (Lipinski definition) is 3. The predicted octanol–water partition coefficient (Wildman–Crippen LogP) is 3.50. The van der Waals surface area contributed by atoms with Gasteiger partial charge in [0.15, 0.2) is 5.96 Å². The summed E-state index contributed by atoms with van der Waals surface area (Å²) in [6, 6.07) is 5.48. The molecule has 1 aliphatic heterocycles. The van der Waals surface area contributed by atoms with Crippen LogP contribution in [-0.4, -0.2) is 57.8 Å². The van der Waals surface area contributed by atoms with Crippen molar-refractivity contribution in [2.75, 3.05) is 51.8 Å². The van der Waals surface area contributed by atoms with Gasteiger partial charge in [-0.1, -0.05) is 6.07 Å². The topological polar surface area (TPSA) is 40.1 Å². The second-order valence-corrected chi connectivity index (χ2v) is 7.12. The van der Waals surface area contributed by atoms with Crippen LogP contribution in [0.2, 0.25) is 0 Å². The van der Waals surface area contributed by atoms with Crippen molar-refractivity contribution in [3.05, 3.63) is 29.6 Å². The molecule has 0 unspecified atom stereocenters. The highest BCUT2D eigenvalue weighted by atomic mass is 19.1. The number of anilines is 1. The van der Waals surface area contributed by atoms with Gasteiger partial charge in [0.05, 0.1) is 5.69 Å². The van der Waals surface area contributed by atoms with Crippen molar-refractivity contribution in [3.8, 4) is 0 Å². The standard InChI is InChI=1S/C21H35FN4O/c1-5-26(6-2)20-8-7-18(15-19(20)22)16-24-21(23-3)25(4)12-9-17-10-13-27-14-11-17/h7-8,15,17H,5-6,9-14,16H2,1-4H3,(H,23,24). The lowest BCUT2D eigenvalue weighted by Crippen LogP contribution is -2.39. The van der Waals surface area contributed by atoms with Gasteiger partial charge in [0.2, 0.25) is 0 Å². The molecule has 0 aliphatic carbocycles. The van der Waals surface area contributed by atoms with E-state index >= 15 is 0 Å². The van der Waals surface area contributed by atoms with E-state index in [1.165, 1.54) is 0 Å². The summed E-state index contributed by atoms with van der Waals surface area (Å²) in [4.78, 5) is 8.54. The first-order valence-corrected chi connectivity index (χ1v) is 10.1. The molecule has 5 nitrogen and oxygen atoms in total. The molecule has 0 aromatic heterocycles. The number of benzene rings is 1. The number of halogens is 1. The van der Waals surface area contributed by atoms with Crippen molar-refractivity contribution in [1.82, 2.24) is 10.2 Å². The monoisotopic (exact) mass is 378 g/mol. The molecule has 2 rings (SSSR count). The van der Waals surface area contributed by atoms with Gasteiger partial charge in [-0.15, -0.1) is 0 Å². The van der Waals surface area contributed by atoms with Crippen molar-refractivity contribution >= 4 is 11.6 Å². The zero-order chi connectivity index (χ0) is 19.6. The van der Waals surface area contributed by atoms with E-state index in [4.69, 9.17) is 4.74 Å². The number of nitrogens with one attached hydrogen (secondary N) is 1. The van der Waals surface area contributed by atoms with Crippen LogP contribution in [0.3, 0.4) is 0 Å². The fourth-order valence-electron chi connectivity index (χ4n) is 3.56. The summed E-state index contributed by atoms with van der Waals surface area (Å²) < 4.78 is 19.9. The third-order valence-corrected chi connectivity index (χ3v) is 5.35. The minimum Gasteiger partial charge on any atom is -0.381 e. The maximum Gasteiger partial charge on any atom is 0.193 e. The number of aliphatic imine (C=N–C) groups is 1. The van der Waals surface area contributed by atoms with Gasteiger partial charge in [-0.05, 0) is 56.7 Å². The van der Waals surface area contributed by atoms with Crippen LogP contribution in [0.15, 0.2) is 23.2 Å². The lowest BCUT2D eigenvalue weighted by molar-refractivity contribution is 0.0625. The number of ether oxygens (including phenoxy) is 1. The van der Waals surface area contributed by atoms with Crippen molar-refractivity contribution < 1.29 is 9.13 Å². The minimum atomic E-state index is -0.166. The fraction of sp³-hybridized carbons (Fsp3) is 0.667. The Bertz CT molecular complexity index is 598. The van der Waals surface area contributed by atoms with Gasteiger partial charge in [-0.2, -0.15) is 0 Å². The molecular weight excluding hydrogens is 343 g/mol. The van der Waals surface area contributed by atoms with E-state index in [1.807, 2.05) is 30.9 Å². The summed E-state index contributed by atoms with van der Waals surface area (Å²) in [5.41, 5.74) is 1.59. The third kappa shape index (κ3) is 6.38. The largest absolute Gasteiger partial charge is 0.381 e. The van der Waals surface area contributed by atoms with Gasteiger partial charge in [-0.25, -0.2) is 4.39 Å². The van der Waals surface area contributed by atoms with Crippen LogP contribution in [0.25, 0.3) is 0 Å². The molecular formula is C21H35FN4O. The summed E-state index contributed by atoms with van der Waals surface area (Å²) in [5, 5.41) is 3.35. The van der Waals surface area contributed by atoms with Crippen molar-refractivity contribution in [2.45, 2.75) is 39.7 Å². The van der Waals surface area contributed by atoms with E-state index in [1.54, 1.807) is 13.1 Å². The number of hydrogen-bond donors (Lipinski definition) is 1. The quantitative estimate of drug-likeness (QED) is 0.555. The van der Waals surface area contributed by atoms with Crippen LogP contribution < -0.4 is 10.2 Å². The Kier molecular flexibility index (Phi) is 8.85. The Labute approximate surface area is 163 Å². The molecule has 0 radical (unpaired) electrons.